The summed E-state index contributed by atoms with van der Waals surface area (Å²) >= 11 is 0. The van der Waals surface area contributed by atoms with Crippen molar-refractivity contribution in [3.8, 4) is 22.5 Å². The van der Waals surface area contributed by atoms with Crippen molar-refractivity contribution in [3.05, 3.63) is 108 Å². The summed E-state index contributed by atoms with van der Waals surface area (Å²) in [6.45, 7) is 1.82. The van der Waals surface area contributed by atoms with Gasteiger partial charge < -0.3 is 19.1 Å². The van der Waals surface area contributed by atoms with Gasteiger partial charge in [0.15, 0.2) is 11.3 Å². The van der Waals surface area contributed by atoms with Crippen LogP contribution in [0.4, 0.5) is 10.5 Å². The van der Waals surface area contributed by atoms with Gasteiger partial charge in [-0.1, -0.05) is 78.9 Å². The van der Waals surface area contributed by atoms with E-state index in [9.17, 15) is 14.7 Å². The molecule has 1 atom stereocenters. The monoisotopic (exact) mass is 517 g/mol. The number of fused-ring (bicyclic) bond motifs is 1. The zero-order valence-electron chi connectivity index (χ0n) is 21.2. The van der Waals surface area contributed by atoms with Crippen molar-refractivity contribution in [2.45, 2.75) is 31.3 Å². The van der Waals surface area contributed by atoms with Crippen molar-refractivity contribution in [3.63, 3.8) is 0 Å². The largest absolute Gasteiger partial charge is 0.549 e. The summed E-state index contributed by atoms with van der Waals surface area (Å²) < 4.78 is 11.7. The van der Waals surface area contributed by atoms with Crippen LogP contribution in [-0.2, 0) is 14.9 Å². The van der Waals surface area contributed by atoms with E-state index in [1.807, 2.05) is 85.8 Å². The Hall–Kier alpha value is -4.91. The average molecular weight is 518 g/mol. The van der Waals surface area contributed by atoms with Crippen molar-refractivity contribution in [1.82, 2.24) is 4.98 Å². The Morgan fingerprint density at radius 3 is 2.21 bits per heavy atom. The Bertz CT molecular complexity index is 1650. The maximum Gasteiger partial charge on any atom is 0.412 e. The molecule has 39 heavy (non-hydrogen) atoms. The number of carbonyl (C=O) groups excluding carboxylic acids is 2. The van der Waals surface area contributed by atoms with Gasteiger partial charge in [-0.2, -0.15) is 0 Å². The Labute approximate surface area is 225 Å². The fraction of sp³-hybridized carbons (Fsp3) is 0.156. The lowest BCUT2D eigenvalue weighted by molar-refractivity contribution is -0.309. The molecule has 1 saturated carbocycles. The summed E-state index contributed by atoms with van der Waals surface area (Å²) in [7, 11) is 0. The molecular formula is C32H25N2O5-. The van der Waals surface area contributed by atoms with Crippen LogP contribution in [0.5, 0.6) is 0 Å². The van der Waals surface area contributed by atoms with Gasteiger partial charge >= 0.3 is 6.09 Å². The number of aliphatic carboxylic acids is 1. The molecule has 0 saturated heterocycles. The summed E-state index contributed by atoms with van der Waals surface area (Å²) in [5, 5.41) is 15.1. The number of rotatable bonds is 7. The molecule has 2 heterocycles. The Morgan fingerprint density at radius 2 is 1.56 bits per heavy atom. The van der Waals surface area contributed by atoms with Crippen LogP contribution in [-0.4, -0.2) is 17.0 Å². The lowest BCUT2D eigenvalue weighted by atomic mass is 9.93. The smallest absolute Gasteiger partial charge is 0.412 e. The fourth-order valence-electron chi connectivity index (χ4n) is 4.89. The maximum absolute atomic E-state index is 12.9. The van der Waals surface area contributed by atoms with Gasteiger partial charge in [0.25, 0.3) is 0 Å². The van der Waals surface area contributed by atoms with E-state index in [1.54, 1.807) is 18.5 Å². The van der Waals surface area contributed by atoms with Crippen LogP contribution in [0.2, 0.25) is 0 Å². The molecule has 0 bridgehead atoms. The summed E-state index contributed by atoms with van der Waals surface area (Å²) in [5.41, 5.74) is 4.59. The van der Waals surface area contributed by atoms with Crippen LogP contribution >= 0.6 is 0 Å². The predicted octanol–water partition coefficient (Wildman–Crippen LogP) is 6.25. The van der Waals surface area contributed by atoms with Gasteiger partial charge in [-0.05, 0) is 48.1 Å². The lowest BCUT2D eigenvalue weighted by Gasteiger charge is -2.17. The van der Waals surface area contributed by atoms with Gasteiger partial charge in [0.1, 0.15) is 6.10 Å². The van der Waals surface area contributed by atoms with Gasteiger partial charge in [0.05, 0.1) is 17.9 Å². The number of hydrogen-bond acceptors (Lipinski definition) is 6. The molecule has 7 heteroatoms. The molecule has 1 aliphatic rings. The van der Waals surface area contributed by atoms with Crippen LogP contribution < -0.4 is 10.4 Å². The summed E-state index contributed by atoms with van der Waals surface area (Å²) in [4.78, 5) is 28.5. The first-order valence-corrected chi connectivity index (χ1v) is 12.8. The van der Waals surface area contributed by atoms with Crippen LogP contribution in [0.1, 0.15) is 37.0 Å². The van der Waals surface area contributed by atoms with E-state index in [0.29, 0.717) is 35.3 Å². The zero-order chi connectivity index (χ0) is 27.0. The molecule has 1 amide bonds. The van der Waals surface area contributed by atoms with E-state index in [2.05, 4.69) is 10.3 Å². The lowest BCUT2D eigenvalue weighted by Crippen LogP contribution is -2.35. The zero-order valence-corrected chi connectivity index (χ0v) is 21.2. The molecule has 194 valence electrons. The molecule has 2 aromatic heterocycles. The second-order valence-corrected chi connectivity index (χ2v) is 9.79. The molecule has 3 aromatic carbocycles. The molecular weight excluding hydrogens is 492 g/mol. The molecule has 7 nitrogen and oxygen atoms in total. The van der Waals surface area contributed by atoms with Crippen molar-refractivity contribution in [2.24, 2.45) is 0 Å². The topological polar surface area (TPSA) is 104 Å². The normalized spacial score (nSPS) is 14.5. The molecule has 6 rings (SSSR count). The maximum atomic E-state index is 12.9. The van der Waals surface area contributed by atoms with Crippen molar-refractivity contribution in [1.29, 1.82) is 0 Å². The highest BCUT2D eigenvalue weighted by Gasteiger charge is 2.45. The van der Waals surface area contributed by atoms with Gasteiger partial charge in [-0.15, -0.1) is 0 Å². The molecule has 0 aliphatic heterocycles. The standard InChI is InChI=1S/C32H26N2O5/c1-20(21-5-3-2-4-6-21)38-31(37)34-28-26-15-18-33-19-27(26)39-29(28)24-9-7-22(8-10-24)23-11-13-25(14-12-23)32(16-17-32)30(35)36/h2-15,18-20H,16-17H2,1H3,(H,34,37)(H,35,36)/p-1. The van der Waals surface area contributed by atoms with E-state index < -0.39 is 23.6 Å². The van der Waals surface area contributed by atoms with E-state index in [4.69, 9.17) is 9.15 Å². The Kier molecular flexibility index (Phi) is 6.11. The molecule has 1 unspecified atom stereocenters. The number of carboxylic acid groups (broad SMARTS) is 1. The van der Waals surface area contributed by atoms with E-state index in [1.165, 1.54) is 0 Å². The number of amides is 1. The molecule has 1 fully saturated rings. The third kappa shape index (κ3) is 4.63. The minimum atomic E-state index is -1.01. The molecule has 1 aliphatic carbocycles. The van der Waals surface area contributed by atoms with Crippen molar-refractivity contribution >= 4 is 28.7 Å². The Morgan fingerprint density at radius 1 is 0.923 bits per heavy atom. The van der Waals surface area contributed by atoms with Gasteiger partial charge in [0.2, 0.25) is 0 Å². The van der Waals surface area contributed by atoms with Gasteiger partial charge in [0, 0.05) is 22.6 Å². The number of pyridine rings is 1. The molecule has 5 aromatic rings. The highest BCUT2D eigenvalue weighted by Crippen LogP contribution is 2.48. The van der Waals surface area contributed by atoms with Gasteiger partial charge in [-0.3, -0.25) is 10.3 Å². The number of hydrogen-bond donors (Lipinski definition) is 1. The molecule has 1 N–H and O–H groups in total. The van der Waals surface area contributed by atoms with Crippen molar-refractivity contribution < 1.29 is 23.8 Å². The van der Waals surface area contributed by atoms with Crippen LogP contribution in [0.25, 0.3) is 33.4 Å². The number of nitrogens with one attached hydrogen (secondary N) is 1. The second kappa shape index (κ2) is 9.76. The second-order valence-electron chi connectivity index (χ2n) is 9.79. The van der Waals surface area contributed by atoms with E-state index in [-0.39, 0.29) is 0 Å². The highest BCUT2D eigenvalue weighted by molar-refractivity contribution is 6.04. The number of carbonyl (C=O) groups is 2. The highest BCUT2D eigenvalue weighted by atomic mass is 16.6. The summed E-state index contributed by atoms with van der Waals surface area (Å²) in [5.74, 6) is -0.516. The summed E-state index contributed by atoms with van der Waals surface area (Å²) in [6, 6.07) is 26.6. The third-order valence-corrected chi connectivity index (χ3v) is 7.33. The summed E-state index contributed by atoms with van der Waals surface area (Å²) in [6.07, 6.45) is 3.47. The first-order valence-electron chi connectivity index (χ1n) is 12.8. The fourth-order valence-corrected chi connectivity index (χ4v) is 4.89. The molecule has 0 radical (unpaired) electrons. The number of benzene rings is 3. The Balaban J connectivity index is 1.25. The molecule has 0 spiro atoms. The number of nitrogens with zero attached hydrogens (tertiary/aromatic N) is 1. The quantitative estimate of drug-likeness (QED) is 0.274. The predicted molar refractivity (Wildman–Crippen MR) is 146 cm³/mol. The number of aromatic nitrogens is 1. The van der Waals surface area contributed by atoms with Crippen LogP contribution in [0, 0.1) is 0 Å². The first-order chi connectivity index (χ1) is 18.9. The number of anilines is 1. The third-order valence-electron chi connectivity index (χ3n) is 7.33. The SMILES string of the molecule is CC(OC(=O)Nc1c(-c2ccc(-c3ccc(C4(C(=O)[O-])CC4)cc3)cc2)oc2cnccc12)c1ccccc1. The van der Waals surface area contributed by atoms with E-state index >= 15 is 0 Å². The van der Waals surface area contributed by atoms with Crippen molar-refractivity contribution in [2.75, 3.05) is 5.32 Å². The average Bonchev–Trinajstić information content (AvgIpc) is 3.71. The number of carboxylic acids is 1. The van der Waals surface area contributed by atoms with Crippen LogP contribution in [0.15, 0.2) is 102 Å². The number of ether oxygens (including phenoxy) is 1. The minimum Gasteiger partial charge on any atom is -0.549 e. The van der Waals surface area contributed by atoms with Gasteiger partial charge in [-0.25, -0.2) is 4.79 Å². The van der Waals surface area contributed by atoms with Crippen LogP contribution in [0.3, 0.4) is 0 Å². The first kappa shape index (κ1) is 24.4. The van der Waals surface area contributed by atoms with E-state index in [0.717, 1.165) is 27.8 Å². The number of furan rings is 1. The minimum absolute atomic E-state index is 0.429.